The van der Waals surface area contributed by atoms with Crippen LogP contribution in [0.25, 0.3) is 0 Å². The molecule has 2 aromatic heterocycles. The summed E-state index contributed by atoms with van der Waals surface area (Å²) in [4.78, 5) is 10.3. The second-order valence-electron chi connectivity index (χ2n) is 3.96. The molecule has 0 radical (unpaired) electrons. The van der Waals surface area contributed by atoms with Crippen LogP contribution in [0.4, 0.5) is 5.82 Å². The van der Waals surface area contributed by atoms with E-state index in [0.29, 0.717) is 23.1 Å². The summed E-state index contributed by atoms with van der Waals surface area (Å²) in [5, 5.41) is 9.21. The van der Waals surface area contributed by atoms with Gasteiger partial charge in [-0.05, 0) is 12.1 Å². The largest absolute Gasteiger partial charge is 0.352 e. The zero-order chi connectivity index (χ0) is 13.1. The maximum absolute atomic E-state index is 8.90. The van der Waals surface area contributed by atoms with Crippen molar-refractivity contribution < 1.29 is 0 Å². The SMILES string of the molecule is CN(Cc1nccn1C)c1cc(C#N)cc(Cl)n1. The third kappa shape index (κ3) is 2.60. The summed E-state index contributed by atoms with van der Waals surface area (Å²) in [5.41, 5.74) is 0.497. The Hall–Kier alpha value is -2.06. The van der Waals surface area contributed by atoms with Crippen molar-refractivity contribution in [3.8, 4) is 6.07 Å². The lowest BCUT2D eigenvalue weighted by molar-refractivity contribution is 0.755. The van der Waals surface area contributed by atoms with E-state index < -0.39 is 0 Å². The van der Waals surface area contributed by atoms with Crippen molar-refractivity contribution in [1.29, 1.82) is 5.26 Å². The highest BCUT2D eigenvalue weighted by molar-refractivity contribution is 6.29. The number of aromatic nitrogens is 3. The van der Waals surface area contributed by atoms with Gasteiger partial charge in [-0.15, -0.1) is 0 Å². The van der Waals surface area contributed by atoms with Crippen molar-refractivity contribution in [3.05, 3.63) is 41.1 Å². The Bertz CT molecular complexity index is 599. The molecule has 18 heavy (non-hydrogen) atoms. The number of imidazole rings is 1. The molecule has 0 aliphatic carbocycles. The van der Waals surface area contributed by atoms with Crippen LogP contribution in [0.1, 0.15) is 11.4 Å². The van der Waals surface area contributed by atoms with Gasteiger partial charge in [-0.1, -0.05) is 11.6 Å². The molecule has 5 nitrogen and oxygen atoms in total. The summed E-state index contributed by atoms with van der Waals surface area (Å²) < 4.78 is 1.94. The summed E-state index contributed by atoms with van der Waals surface area (Å²) >= 11 is 5.88. The molecule has 0 bridgehead atoms. The fourth-order valence-corrected chi connectivity index (χ4v) is 1.79. The number of pyridine rings is 1. The lowest BCUT2D eigenvalue weighted by atomic mass is 10.3. The smallest absolute Gasteiger partial charge is 0.132 e. The maximum Gasteiger partial charge on any atom is 0.132 e. The van der Waals surface area contributed by atoms with Crippen molar-refractivity contribution in [1.82, 2.24) is 14.5 Å². The van der Waals surface area contributed by atoms with Crippen LogP contribution in [-0.4, -0.2) is 21.6 Å². The van der Waals surface area contributed by atoms with Crippen LogP contribution < -0.4 is 4.90 Å². The van der Waals surface area contributed by atoms with E-state index in [1.165, 1.54) is 0 Å². The Morgan fingerprint density at radius 2 is 2.28 bits per heavy atom. The highest BCUT2D eigenvalue weighted by Gasteiger charge is 2.09. The van der Waals surface area contributed by atoms with Gasteiger partial charge in [0.1, 0.15) is 16.8 Å². The summed E-state index contributed by atoms with van der Waals surface area (Å²) in [7, 11) is 3.82. The number of hydrogen-bond acceptors (Lipinski definition) is 4. The molecule has 2 rings (SSSR count). The Labute approximate surface area is 110 Å². The molecule has 0 atom stereocenters. The molecule has 2 aromatic rings. The third-order valence-electron chi connectivity index (χ3n) is 2.60. The predicted molar refractivity (Wildman–Crippen MR) is 69.3 cm³/mol. The molecule has 0 aliphatic rings. The number of nitrogens with zero attached hydrogens (tertiary/aromatic N) is 5. The minimum atomic E-state index is 0.316. The summed E-state index contributed by atoms with van der Waals surface area (Å²) in [5.74, 6) is 1.57. The molecule has 0 aromatic carbocycles. The lowest BCUT2D eigenvalue weighted by Crippen LogP contribution is -2.20. The Morgan fingerprint density at radius 3 is 2.89 bits per heavy atom. The van der Waals surface area contributed by atoms with Crippen LogP contribution in [-0.2, 0) is 13.6 Å². The molecule has 0 N–H and O–H groups in total. The van der Waals surface area contributed by atoms with E-state index in [9.17, 15) is 0 Å². The predicted octanol–water partition coefficient (Wildman–Crippen LogP) is 1.98. The fraction of sp³-hybridized carbons (Fsp3) is 0.250. The second-order valence-corrected chi connectivity index (χ2v) is 4.35. The van der Waals surface area contributed by atoms with Crippen LogP contribution >= 0.6 is 11.6 Å². The minimum absolute atomic E-state index is 0.316. The summed E-state index contributed by atoms with van der Waals surface area (Å²) in [6, 6.07) is 5.31. The van der Waals surface area contributed by atoms with Crippen molar-refractivity contribution in [2.45, 2.75) is 6.54 Å². The van der Waals surface area contributed by atoms with Crippen molar-refractivity contribution in [2.24, 2.45) is 7.05 Å². The molecule has 92 valence electrons. The standard InChI is InChI=1S/C12H12ClN5/c1-17-4-3-15-12(17)8-18(2)11-6-9(7-14)5-10(13)16-11/h3-6H,8H2,1-2H3. The highest BCUT2D eigenvalue weighted by atomic mass is 35.5. The number of rotatable bonds is 3. The van der Waals surface area contributed by atoms with Gasteiger partial charge in [0.25, 0.3) is 0 Å². The molecule has 0 fully saturated rings. The number of aryl methyl sites for hydroxylation is 1. The second kappa shape index (κ2) is 5.07. The van der Waals surface area contributed by atoms with Crippen molar-refractivity contribution in [3.63, 3.8) is 0 Å². The number of nitriles is 1. The van der Waals surface area contributed by atoms with Crippen molar-refractivity contribution in [2.75, 3.05) is 11.9 Å². The van der Waals surface area contributed by atoms with Gasteiger partial charge in [0.05, 0.1) is 18.2 Å². The zero-order valence-corrected chi connectivity index (χ0v) is 10.9. The monoisotopic (exact) mass is 261 g/mol. The average molecular weight is 262 g/mol. The van der Waals surface area contributed by atoms with Gasteiger partial charge in [-0.3, -0.25) is 0 Å². The summed E-state index contributed by atoms with van der Waals surface area (Å²) in [6.45, 7) is 0.599. The number of hydrogen-bond donors (Lipinski definition) is 0. The molecule has 2 heterocycles. The highest BCUT2D eigenvalue weighted by Crippen LogP contribution is 2.18. The van der Waals surface area contributed by atoms with Crippen LogP contribution in [0.2, 0.25) is 5.15 Å². The van der Waals surface area contributed by atoms with E-state index in [1.54, 1.807) is 18.3 Å². The summed E-state index contributed by atoms with van der Waals surface area (Å²) in [6.07, 6.45) is 3.63. The molecule has 0 unspecified atom stereocenters. The van der Waals surface area contributed by atoms with Gasteiger partial charge < -0.3 is 9.47 Å². The van der Waals surface area contributed by atoms with Crippen LogP contribution in [0.15, 0.2) is 24.5 Å². The Balaban J connectivity index is 2.24. The molecular weight excluding hydrogens is 250 g/mol. The van der Waals surface area contributed by atoms with E-state index >= 15 is 0 Å². The normalized spacial score (nSPS) is 10.1. The van der Waals surface area contributed by atoms with Gasteiger partial charge in [0, 0.05) is 26.5 Å². The Morgan fingerprint density at radius 1 is 1.50 bits per heavy atom. The molecule has 6 heteroatoms. The van der Waals surface area contributed by atoms with Gasteiger partial charge in [0.2, 0.25) is 0 Å². The van der Waals surface area contributed by atoms with Crippen LogP contribution in [0, 0.1) is 11.3 Å². The van der Waals surface area contributed by atoms with Crippen LogP contribution in [0.3, 0.4) is 0 Å². The van der Waals surface area contributed by atoms with Gasteiger partial charge >= 0.3 is 0 Å². The molecule has 0 saturated carbocycles. The van der Waals surface area contributed by atoms with E-state index in [-0.39, 0.29) is 0 Å². The Kier molecular flexibility index (Phi) is 3.49. The first kappa shape index (κ1) is 12.4. The topological polar surface area (TPSA) is 57.7 Å². The van der Waals surface area contributed by atoms with E-state index in [0.717, 1.165) is 5.82 Å². The first-order valence-electron chi connectivity index (χ1n) is 5.35. The zero-order valence-electron chi connectivity index (χ0n) is 10.1. The fourth-order valence-electron chi connectivity index (χ4n) is 1.59. The maximum atomic E-state index is 8.90. The van der Waals surface area contributed by atoms with Crippen LogP contribution in [0.5, 0.6) is 0 Å². The minimum Gasteiger partial charge on any atom is -0.352 e. The van der Waals surface area contributed by atoms with Gasteiger partial charge in [-0.2, -0.15) is 5.26 Å². The average Bonchev–Trinajstić information content (AvgIpc) is 2.74. The van der Waals surface area contributed by atoms with E-state index in [4.69, 9.17) is 16.9 Å². The molecule has 0 spiro atoms. The lowest BCUT2D eigenvalue weighted by Gasteiger charge is -2.18. The first-order chi connectivity index (χ1) is 8.60. The van der Waals surface area contributed by atoms with Crippen molar-refractivity contribution >= 4 is 17.4 Å². The molecular formula is C12H12ClN5. The third-order valence-corrected chi connectivity index (χ3v) is 2.79. The molecule has 0 amide bonds. The van der Waals surface area contributed by atoms with Gasteiger partial charge in [-0.25, -0.2) is 9.97 Å². The molecule has 0 saturated heterocycles. The quantitative estimate of drug-likeness (QED) is 0.793. The van der Waals surface area contributed by atoms with E-state index in [1.807, 2.05) is 29.8 Å². The number of halogens is 1. The molecule has 0 aliphatic heterocycles. The van der Waals surface area contributed by atoms with Gasteiger partial charge in [0.15, 0.2) is 0 Å². The first-order valence-corrected chi connectivity index (χ1v) is 5.73. The number of anilines is 1. The van der Waals surface area contributed by atoms with E-state index in [2.05, 4.69) is 16.0 Å².